The third kappa shape index (κ3) is 3.93. The van der Waals surface area contributed by atoms with Crippen LogP contribution in [0.1, 0.15) is 16.1 Å². The predicted octanol–water partition coefficient (Wildman–Crippen LogP) is 4.27. The molecule has 0 atom stereocenters. The lowest BCUT2D eigenvalue weighted by Crippen LogP contribution is -2.23. The van der Waals surface area contributed by atoms with E-state index < -0.39 is 0 Å². The lowest BCUT2D eigenvalue weighted by molar-refractivity contribution is 0.0946. The monoisotopic (exact) mass is 378 g/mol. The molecule has 134 valence electrons. The molecule has 4 aromatic rings. The second kappa shape index (κ2) is 7.51. The summed E-state index contributed by atoms with van der Waals surface area (Å²) in [6.07, 6.45) is 3.53. The molecule has 0 aliphatic rings. The fourth-order valence-electron chi connectivity index (χ4n) is 2.65. The lowest BCUT2D eigenvalue weighted by atomic mass is 10.1. The topological polar surface area (TPSA) is 70.7 Å². The van der Waals surface area contributed by atoms with Crippen molar-refractivity contribution < 1.29 is 9.18 Å². The standard InChI is InChI=1S/C20H15FN4OS/c21-17-3-1-14(2-4-17)18-8-19(25-24-18)20(26)23-10-13-7-16(11-22-9-13)15-5-6-27-12-15/h1-9,11-12H,10H2,(H,23,26)(H,24,25). The number of pyridine rings is 1. The highest BCUT2D eigenvalue weighted by Gasteiger charge is 2.11. The molecule has 3 aromatic heterocycles. The minimum absolute atomic E-state index is 0.267. The molecule has 0 aliphatic carbocycles. The normalized spacial score (nSPS) is 10.7. The SMILES string of the molecule is O=C(NCc1cncc(-c2ccsc2)c1)c1cc(-c2ccc(F)cc2)n[nH]1. The first kappa shape index (κ1) is 17.1. The van der Waals surface area contributed by atoms with Crippen LogP contribution in [0.4, 0.5) is 4.39 Å². The number of carbonyl (C=O) groups excluding carboxylic acids is 1. The van der Waals surface area contributed by atoms with Crippen LogP contribution < -0.4 is 5.32 Å². The van der Waals surface area contributed by atoms with Gasteiger partial charge in [0.1, 0.15) is 11.5 Å². The van der Waals surface area contributed by atoms with Gasteiger partial charge in [-0.3, -0.25) is 14.9 Å². The summed E-state index contributed by atoms with van der Waals surface area (Å²) in [4.78, 5) is 16.6. The van der Waals surface area contributed by atoms with Crippen molar-refractivity contribution in [1.29, 1.82) is 0 Å². The molecule has 5 nitrogen and oxygen atoms in total. The quantitative estimate of drug-likeness (QED) is 0.545. The molecule has 0 saturated carbocycles. The smallest absolute Gasteiger partial charge is 0.269 e. The van der Waals surface area contributed by atoms with Gasteiger partial charge >= 0.3 is 0 Å². The largest absolute Gasteiger partial charge is 0.347 e. The van der Waals surface area contributed by atoms with Gasteiger partial charge in [0.2, 0.25) is 0 Å². The average molecular weight is 378 g/mol. The third-order valence-electron chi connectivity index (χ3n) is 4.06. The molecule has 0 radical (unpaired) electrons. The van der Waals surface area contributed by atoms with E-state index in [1.807, 2.05) is 17.5 Å². The summed E-state index contributed by atoms with van der Waals surface area (Å²) in [5.74, 6) is -0.581. The summed E-state index contributed by atoms with van der Waals surface area (Å²) in [7, 11) is 0. The van der Waals surface area contributed by atoms with Gasteiger partial charge in [-0.2, -0.15) is 16.4 Å². The molecular formula is C20H15FN4OS. The Hall–Kier alpha value is -3.32. The van der Waals surface area contributed by atoms with Crippen LogP contribution >= 0.6 is 11.3 Å². The van der Waals surface area contributed by atoms with Crippen LogP contribution in [0, 0.1) is 5.82 Å². The van der Waals surface area contributed by atoms with E-state index >= 15 is 0 Å². The van der Waals surface area contributed by atoms with Gasteiger partial charge in [-0.25, -0.2) is 4.39 Å². The second-order valence-corrected chi connectivity index (χ2v) is 6.73. The lowest BCUT2D eigenvalue weighted by Gasteiger charge is -2.05. The number of aromatic nitrogens is 3. The number of hydrogen-bond acceptors (Lipinski definition) is 4. The minimum Gasteiger partial charge on any atom is -0.347 e. The summed E-state index contributed by atoms with van der Waals surface area (Å²) in [6, 6.07) is 11.6. The van der Waals surface area contributed by atoms with Crippen LogP contribution in [-0.2, 0) is 6.54 Å². The highest BCUT2D eigenvalue weighted by atomic mass is 32.1. The maximum atomic E-state index is 13.0. The van der Waals surface area contributed by atoms with Gasteiger partial charge in [-0.1, -0.05) is 0 Å². The Bertz CT molecular complexity index is 1060. The van der Waals surface area contributed by atoms with Gasteiger partial charge in [0.15, 0.2) is 0 Å². The summed E-state index contributed by atoms with van der Waals surface area (Å²) in [5, 5.41) is 13.8. The van der Waals surface area contributed by atoms with Crippen LogP contribution in [0.2, 0.25) is 0 Å². The van der Waals surface area contributed by atoms with E-state index in [1.54, 1.807) is 41.9 Å². The zero-order valence-electron chi connectivity index (χ0n) is 14.1. The van der Waals surface area contributed by atoms with E-state index in [-0.39, 0.29) is 11.7 Å². The molecule has 0 spiro atoms. The molecule has 4 rings (SSSR count). The van der Waals surface area contributed by atoms with E-state index in [2.05, 4.69) is 25.9 Å². The zero-order valence-corrected chi connectivity index (χ0v) is 15.0. The van der Waals surface area contributed by atoms with Crippen molar-refractivity contribution in [3.05, 3.63) is 82.7 Å². The summed E-state index contributed by atoms with van der Waals surface area (Å²) < 4.78 is 13.0. The maximum absolute atomic E-state index is 13.0. The number of halogens is 1. The number of H-pyrrole nitrogens is 1. The van der Waals surface area contributed by atoms with E-state index in [9.17, 15) is 9.18 Å². The molecular weight excluding hydrogens is 363 g/mol. The maximum Gasteiger partial charge on any atom is 0.269 e. The fraction of sp³-hybridized carbons (Fsp3) is 0.0500. The van der Waals surface area contributed by atoms with Crippen LogP contribution in [0.3, 0.4) is 0 Å². The number of hydrogen-bond donors (Lipinski definition) is 2. The molecule has 0 bridgehead atoms. The molecule has 7 heteroatoms. The van der Waals surface area contributed by atoms with Crippen LogP contribution in [-0.4, -0.2) is 21.1 Å². The molecule has 27 heavy (non-hydrogen) atoms. The summed E-state index contributed by atoms with van der Waals surface area (Å²) >= 11 is 1.63. The Morgan fingerprint density at radius 1 is 1.07 bits per heavy atom. The Morgan fingerprint density at radius 2 is 1.93 bits per heavy atom. The first-order chi connectivity index (χ1) is 13.2. The molecule has 1 amide bonds. The molecule has 0 fully saturated rings. The van der Waals surface area contributed by atoms with E-state index in [0.29, 0.717) is 17.9 Å². The van der Waals surface area contributed by atoms with Crippen molar-refractivity contribution in [2.24, 2.45) is 0 Å². The number of nitrogens with one attached hydrogen (secondary N) is 2. The summed E-state index contributed by atoms with van der Waals surface area (Å²) in [5.41, 5.74) is 4.70. The Balaban J connectivity index is 1.43. The van der Waals surface area contributed by atoms with Crippen LogP contribution in [0.15, 0.2) is 65.6 Å². The van der Waals surface area contributed by atoms with Gasteiger partial charge in [0, 0.05) is 30.1 Å². The first-order valence-electron chi connectivity index (χ1n) is 8.25. The van der Waals surface area contributed by atoms with Gasteiger partial charge in [0.25, 0.3) is 5.91 Å². The Labute approximate surface area is 158 Å². The van der Waals surface area contributed by atoms with E-state index in [1.165, 1.54) is 12.1 Å². The fourth-order valence-corrected chi connectivity index (χ4v) is 3.32. The van der Waals surface area contributed by atoms with Crippen LogP contribution in [0.5, 0.6) is 0 Å². The molecule has 2 N–H and O–H groups in total. The van der Waals surface area contributed by atoms with Crippen molar-refractivity contribution in [1.82, 2.24) is 20.5 Å². The highest BCUT2D eigenvalue weighted by Crippen LogP contribution is 2.22. The predicted molar refractivity (Wildman–Crippen MR) is 103 cm³/mol. The molecule has 1 aromatic carbocycles. The van der Waals surface area contributed by atoms with Crippen molar-refractivity contribution in [3.8, 4) is 22.4 Å². The molecule has 3 heterocycles. The number of thiophene rings is 1. The van der Waals surface area contributed by atoms with Crippen molar-refractivity contribution >= 4 is 17.2 Å². The first-order valence-corrected chi connectivity index (χ1v) is 9.19. The zero-order chi connectivity index (χ0) is 18.6. The number of rotatable bonds is 5. The van der Waals surface area contributed by atoms with Crippen molar-refractivity contribution in [3.63, 3.8) is 0 Å². The number of aromatic amines is 1. The molecule has 0 unspecified atom stereocenters. The molecule has 0 aliphatic heterocycles. The van der Waals surface area contributed by atoms with Crippen molar-refractivity contribution in [2.75, 3.05) is 0 Å². The van der Waals surface area contributed by atoms with Gasteiger partial charge < -0.3 is 5.32 Å². The second-order valence-electron chi connectivity index (χ2n) is 5.95. The van der Waals surface area contributed by atoms with Gasteiger partial charge in [-0.05, 0) is 64.4 Å². The minimum atomic E-state index is -0.314. The number of benzene rings is 1. The number of carbonyl (C=O) groups is 1. The number of nitrogens with zero attached hydrogens (tertiary/aromatic N) is 2. The molecule has 0 saturated heterocycles. The third-order valence-corrected chi connectivity index (χ3v) is 4.75. The summed E-state index contributed by atoms with van der Waals surface area (Å²) in [6.45, 7) is 0.356. The van der Waals surface area contributed by atoms with Gasteiger partial charge in [-0.15, -0.1) is 0 Å². The van der Waals surface area contributed by atoms with Crippen LogP contribution in [0.25, 0.3) is 22.4 Å². The average Bonchev–Trinajstić information content (AvgIpc) is 3.39. The Morgan fingerprint density at radius 3 is 2.70 bits per heavy atom. The van der Waals surface area contributed by atoms with E-state index in [0.717, 1.165) is 22.3 Å². The Kier molecular flexibility index (Phi) is 4.76. The van der Waals surface area contributed by atoms with Crippen molar-refractivity contribution in [2.45, 2.75) is 6.54 Å². The van der Waals surface area contributed by atoms with Gasteiger partial charge in [0.05, 0.1) is 5.69 Å². The number of amides is 1. The van der Waals surface area contributed by atoms with E-state index in [4.69, 9.17) is 0 Å². The highest BCUT2D eigenvalue weighted by molar-refractivity contribution is 7.08.